The first-order chi connectivity index (χ1) is 9.66. The van der Waals surface area contributed by atoms with Crippen molar-refractivity contribution in [3.8, 4) is 0 Å². The molecule has 0 aromatic heterocycles. The second kappa shape index (κ2) is 10.0. The lowest BCUT2D eigenvalue weighted by Gasteiger charge is -2.34. The van der Waals surface area contributed by atoms with E-state index in [2.05, 4.69) is 0 Å². The molecule has 128 valence electrons. The summed E-state index contributed by atoms with van der Waals surface area (Å²) in [6.45, 7) is 5.12. The number of ether oxygens (including phenoxy) is 1. The van der Waals surface area contributed by atoms with E-state index >= 15 is 0 Å². The van der Waals surface area contributed by atoms with Gasteiger partial charge in [-0.1, -0.05) is 0 Å². The molecule has 0 fully saturated rings. The van der Waals surface area contributed by atoms with Crippen LogP contribution in [0.1, 0.15) is 19.8 Å². The minimum Gasteiger partial charge on any atom is -0.415 e. The zero-order chi connectivity index (χ0) is 16.5. The molecule has 4 N–H and O–H groups in total. The van der Waals surface area contributed by atoms with E-state index in [4.69, 9.17) is 23.5 Å². The van der Waals surface area contributed by atoms with Crippen LogP contribution < -0.4 is 0 Å². The van der Waals surface area contributed by atoms with Crippen LogP contribution in [0.3, 0.4) is 0 Å². The number of aliphatic hydroxyl groups is 3. The first kappa shape index (κ1) is 21.2. The fourth-order valence-electron chi connectivity index (χ4n) is 1.96. The van der Waals surface area contributed by atoms with Crippen LogP contribution in [0, 0.1) is 0 Å². The highest BCUT2D eigenvalue weighted by Gasteiger charge is 2.41. The molecule has 7 nitrogen and oxygen atoms in total. The molecule has 21 heavy (non-hydrogen) atoms. The van der Waals surface area contributed by atoms with Crippen molar-refractivity contribution < 1.29 is 33.4 Å². The lowest BCUT2D eigenvalue weighted by Crippen LogP contribution is -2.50. The standard InChI is InChI=1S/C12H30O7Si2/c1-11(14)12(15)18-8-6-10-21(17-2,9-5-7-13)19-20(3,4)16/h11-16H,5-10H2,1-4H3. The summed E-state index contributed by atoms with van der Waals surface area (Å²) >= 11 is 0. The fourth-order valence-corrected chi connectivity index (χ4v) is 8.79. The Morgan fingerprint density at radius 3 is 2.10 bits per heavy atom. The van der Waals surface area contributed by atoms with Crippen molar-refractivity contribution in [2.75, 3.05) is 20.3 Å². The SMILES string of the molecule is CO[Si](CCCO)(CCCOC(O)C(C)O)O[Si](C)(C)O. The zero-order valence-corrected chi connectivity index (χ0v) is 15.4. The van der Waals surface area contributed by atoms with E-state index in [-0.39, 0.29) is 13.2 Å². The Labute approximate surface area is 129 Å². The lowest BCUT2D eigenvalue weighted by molar-refractivity contribution is -0.155. The minimum absolute atomic E-state index is 0.0477. The van der Waals surface area contributed by atoms with E-state index in [1.54, 1.807) is 20.2 Å². The Bertz CT molecular complexity index is 273. The molecule has 0 aromatic rings. The normalized spacial score (nSPS) is 18.3. The molecule has 0 rings (SSSR count). The van der Waals surface area contributed by atoms with Gasteiger partial charge in [-0.2, -0.15) is 0 Å². The second-order valence-electron chi connectivity index (χ2n) is 5.60. The Morgan fingerprint density at radius 1 is 1.10 bits per heavy atom. The maximum atomic E-state index is 10.0. The molecule has 3 atom stereocenters. The highest BCUT2D eigenvalue weighted by Crippen LogP contribution is 2.25. The van der Waals surface area contributed by atoms with Gasteiger partial charge in [0.1, 0.15) is 6.10 Å². The molecule has 0 radical (unpaired) electrons. The van der Waals surface area contributed by atoms with Gasteiger partial charge in [-0.3, -0.25) is 0 Å². The van der Waals surface area contributed by atoms with Crippen LogP contribution in [0.5, 0.6) is 0 Å². The van der Waals surface area contributed by atoms with Gasteiger partial charge < -0.3 is 33.4 Å². The monoisotopic (exact) mass is 342 g/mol. The van der Waals surface area contributed by atoms with Gasteiger partial charge in [0, 0.05) is 20.3 Å². The predicted molar refractivity (Wildman–Crippen MR) is 83.1 cm³/mol. The summed E-state index contributed by atoms with van der Waals surface area (Å²) in [5.41, 5.74) is 0. The van der Waals surface area contributed by atoms with E-state index in [0.717, 1.165) is 0 Å². The summed E-state index contributed by atoms with van der Waals surface area (Å²) in [7, 11) is -3.77. The zero-order valence-electron chi connectivity index (χ0n) is 13.4. The Hall–Kier alpha value is 0.154. The van der Waals surface area contributed by atoms with Gasteiger partial charge in [0.05, 0.1) is 0 Å². The summed E-state index contributed by atoms with van der Waals surface area (Å²) in [5.74, 6) is 0. The van der Waals surface area contributed by atoms with Gasteiger partial charge in [-0.05, 0) is 44.9 Å². The van der Waals surface area contributed by atoms with Crippen LogP contribution in [0.15, 0.2) is 0 Å². The van der Waals surface area contributed by atoms with Crippen molar-refractivity contribution in [3.05, 3.63) is 0 Å². The minimum atomic E-state index is -2.74. The van der Waals surface area contributed by atoms with E-state index in [0.29, 0.717) is 24.9 Å². The van der Waals surface area contributed by atoms with Crippen molar-refractivity contribution in [1.29, 1.82) is 0 Å². The molecule has 0 saturated carbocycles. The first-order valence-electron chi connectivity index (χ1n) is 7.22. The summed E-state index contributed by atoms with van der Waals surface area (Å²) < 4.78 is 16.5. The van der Waals surface area contributed by atoms with Crippen LogP contribution in [0.4, 0.5) is 0 Å². The van der Waals surface area contributed by atoms with Gasteiger partial charge in [0.2, 0.25) is 0 Å². The molecule has 0 aliphatic carbocycles. The molecule has 0 aliphatic heterocycles. The van der Waals surface area contributed by atoms with E-state index in [9.17, 15) is 9.90 Å². The largest absolute Gasteiger partial charge is 0.415 e. The number of hydrogen-bond donors (Lipinski definition) is 4. The maximum absolute atomic E-state index is 10.0. The third-order valence-electron chi connectivity index (χ3n) is 2.93. The topological polar surface area (TPSA) is 109 Å². The Balaban J connectivity index is 4.45. The van der Waals surface area contributed by atoms with Crippen LogP contribution in [0.2, 0.25) is 25.2 Å². The third kappa shape index (κ3) is 9.71. The average Bonchev–Trinajstić information content (AvgIpc) is 2.38. The van der Waals surface area contributed by atoms with Gasteiger partial charge in [-0.25, -0.2) is 0 Å². The second-order valence-corrected chi connectivity index (χ2v) is 12.5. The van der Waals surface area contributed by atoms with Crippen LogP contribution in [-0.2, 0) is 13.3 Å². The van der Waals surface area contributed by atoms with E-state index in [1.807, 2.05) is 0 Å². The van der Waals surface area contributed by atoms with Crippen molar-refractivity contribution in [1.82, 2.24) is 0 Å². The Morgan fingerprint density at radius 2 is 1.67 bits per heavy atom. The number of rotatable bonds is 12. The van der Waals surface area contributed by atoms with Gasteiger partial charge in [0.15, 0.2) is 6.29 Å². The fraction of sp³-hybridized carbons (Fsp3) is 1.00. The van der Waals surface area contributed by atoms with Crippen molar-refractivity contribution in [2.24, 2.45) is 0 Å². The summed E-state index contributed by atoms with van der Waals surface area (Å²) in [4.78, 5) is 10.0. The molecular weight excluding hydrogens is 312 g/mol. The highest BCUT2D eigenvalue weighted by atomic mass is 28.5. The first-order valence-corrected chi connectivity index (χ1v) is 12.3. The maximum Gasteiger partial charge on any atom is 0.329 e. The van der Waals surface area contributed by atoms with E-state index < -0.39 is 29.5 Å². The summed E-state index contributed by atoms with van der Waals surface area (Å²) in [6.07, 6.45) is -1.00. The number of hydrogen-bond acceptors (Lipinski definition) is 7. The quantitative estimate of drug-likeness (QED) is 0.229. The van der Waals surface area contributed by atoms with Crippen molar-refractivity contribution >= 4 is 17.1 Å². The molecule has 0 saturated heterocycles. The highest BCUT2D eigenvalue weighted by molar-refractivity contribution is 6.79. The summed E-state index contributed by atoms with van der Waals surface area (Å²) in [6, 6.07) is 1.18. The van der Waals surface area contributed by atoms with Crippen LogP contribution >= 0.6 is 0 Å². The van der Waals surface area contributed by atoms with Gasteiger partial charge in [0.25, 0.3) is 0 Å². The van der Waals surface area contributed by atoms with Gasteiger partial charge >= 0.3 is 17.1 Å². The molecule has 0 aliphatic rings. The van der Waals surface area contributed by atoms with Crippen molar-refractivity contribution in [3.63, 3.8) is 0 Å². The molecule has 0 heterocycles. The predicted octanol–water partition coefficient (Wildman–Crippen LogP) is 0.274. The molecule has 3 unspecified atom stereocenters. The molecule has 9 heteroatoms. The molecular formula is C12H30O7Si2. The van der Waals surface area contributed by atoms with Gasteiger partial charge in [-0.15, -0.1) is 0 Å². The van der Waals surface area contributed by atoms with Crippen LogP contribution in [0.25, 0.3) is 0 Å². The summed E-state index contributed by atoms with van der Waals surface area (Å²) in [5, 5.41) is 27.5. The third-order valence-corrected chi connectivity index (χ3v) is 9.39. The smallest absolute Gasteiger partial charge is 0.329 e. The average molecular weight is 343 g/mol. The molecule has 0 amide bonds. The lowest BCUT2D eigenvalue weighted by atomic mass is 10.4. The van der Waals surface area contributed by atoms with E-state index in [1.165, 1.54) is 6.92 Å². The Kier molecular flexibility index (Phi) is 10.1. The van der Waals surface area contributed by atoms with Crippen molar-refractivity contribution in [2.45, 2.75) is 57.3 Å². The molecule has 0 aromatic carbocycles. The molecule has 0 bridgehead atoms. The molecule has 0 spiro atoms. The number of aliphatic hydroxyl groups excluding tert-OH is 3. The van der Waals surface area contributed by atoms with Crippen LogP contribution in [-0.4, -0.2) is 70.0 Å².